The summed E-state index contributed by atoms with van der Waals surface area (Å²) >= 11 is 3.49. The van der Waals surface area contributed by atoms with Gasteiger partial charge in [-0.2, -0.15) is 0 Å². The molecule has 4 heteroatoms. The molecule has 0 saturated carbocycles. The summed E-state index contributed by atoms with van der Waals surface area (Å²) in [6, 6.07) is 8.13. The summed E-state index contributed by atoms with van der Waals surface area (Å²) in [6.07, 6.45) is 1.86. The third-order valence-corrected chi connectivity index (χ3v) is 3.34. The third kappa shape index (κ3) is 2.58. The number of benzene rings is 1. The zero-order valence-corrected chi connectivity index (χ0v) is 12.3. The van der Waals surface area contributed by atoms with Gasteiger partial charge in [0.05, 0.1) is 7.11 Å². The van der Waals surface area contributed by atoms with Crippen LogP contribution >= 0.6 is 15.9 Å². The molecule has 0 N–H and O–H groups in total. The first-order valence-electron chi connectivity index (χ1n) is 6.03. The molecule has 0 aliphatic heterocycles. The molecule has 1 aromatic heterocycles. The van der Waals surface area contributed by atoms with Crippen LogP contribution in [0, 0.1) is 0 Å². The number of pyridine rings is 1. The first kappa shape index (κ1) is 13.1. The number of anilines is 1. The van der Waals surface area contributed by atoms with Gasteiger partial charge in [0.25, 0.3) is 0 Å². The highest BCUT2D eigenvalue weighted by atomic mass is 79.9. The molecule has 2 aromatic rings. The highest BCUT2D eigenvalue weighted by Gasteiger charge is 2.10. The number of aromatic nitrogens is 1. The first-order chi connectivity index (χ1) is 8.80. The van der Waals surface area contributed by atoms with Crippen LogP contribution in [0.1, 0.15) is 6.92 Å². The van der Waals surface area contributed by atoms with Crippen molar-refractivity contribution in [2.75, 3.05) is 30.4 Å². The van der Waals surface area contributed by atoms with Crippen molar-refractivity contribution in [3.63, 3.8) is 0 Å². The summed E-state index contributed by atoms with van der Waals surface area (Å²) < 4.78 is 5.30. The fourth-order valence-electron chi connectivity index (χ4n) is 2.03. The van der Waals surface area contributed by atoms with Crippen molar-refractivity contribution in [1.29, 1.82) is 0 Å². The molecule has 0 radical (unpaired) electrons. The van der Waals surface area contributed by atoms with Crippen LogP contribution in [0.4, 0.5) is 5.82 Å². The van der Waals surface area contributed by atoms with E-state index in [1.54, 1.807) is 7.11 Å². The van der Waals surface area contributed by atoms with Gasteiger partial charge in [-0.1, -0.05) is 22.0 Å². The zero-order chi connectivity index (χ0) is 13.0. The lowest BCUT2D eigenvalue weighted by molar-refractivity contribution is 0.415. The molecule has 0 bridgehead atoms. The molecule has 0 aliphatic carbocycles. The van der Waals surface area contributed by atoms with Gasteiger partial charge in [0.15, 0.2) is 0 Å². The van der Waals surface area contributed by atoms with E-state index in [4.69, 9.17) is 4.74 Å². The van der Waals surface area contributed by atoms with Gasteiger partial charge in [-0.05, 0) is 30.5 Å². The van der Waals surface area contributed by atoms with Crippen LogP contribution < -0.4 is 9.64 Å². The topological polar surface area (TPSA) is 25.4 Å². The second-order valence-electron chi connectivity index (χ2n) is 3.99. The van der Waals surface area contributed by atoms with Crippen LogP contribution in [0.25, 0.3) is 10.8 Å². The predicted octanol–water partition coefficient (Wildman–Crippen LogP) is 3.46. The van der Waals surface area contributed by atoms with Gasteiger partial charge < -0.3 is 9.64 Å². The van der Waals surface area contributed by atoms with Gasteiger partial charge >= 0.3 is 0 Å². The van der Waals surface area contributed by atoms with Gasteiger partial charge in [-0.3, -0.25) is 0 Å². The van der Waals surface area contributed by atoms with Crippen molar-refractivity contribution in [3.8, 4) is 5.75 Å². The summed E-state index contributed by atoms with van der Waals surface area (Å²) in [6.45, 7) is 4.03. The Kier molecular flexibility index (Phi) is 4.42. The second-order valence-corrected chi connectivity index (χ2v) is 4.78. The Labute approximate surface area is 116 Å². The summed E-state index contributed by atoms with van der Waals surface area (Å²) in [7, 11) is 1.69. The average Bonchev–Trinajstić information content (AvgIpc) is 2.43. The molecule has 2 rings (SSSR count). The Morgan fingerprint density at radius 3 is 2.83 bits per heavy atom. The van der Waals surface area contributed by atoms with E-state index in [1.165, 1.54) is 5.39 Å². The molecule has 0 saturated heterocycles. The summed E-state index contributed by atoms with van der Waals surface area (Å²) in [5.74, 6) is 1.89. The highest BCUT2D eigenvalue weighted by molar-refractivity contribution is 9.09. The number of hydrogen-bond acceptors (Lipinski definition) is 3. The van der Waals surface area contributed by atoms with Gasteiger partial charge in [-0.15, -0.1) is 0 Å². The maximum absolute atomic E-state index is 5.30. The van der Waals surface area contributed by atoms with E-state index in [1.807, 2.05) is 18.3 Å². The minimum absolute atomic E-state index is 0.867. The molecule has 0 spiro atoms. The second kappa shape index (κ2) is 6.05. The molecule has 0 unspecified atom stereocenters. The number of methoxy groups -OCH3 is 1. The molecule has 96 valence electrons. The van der Waals surface area contributed by atoms with Crippen molar-refractivity contribution in [2.24, 2.45) is 0 Å². The third-order valence-electron chi connectivity index (χ3n) is 2.99. The van der Waals surface area contributed by atoms with Crippen LogP contribution in [0.3, 0.4) is 0 Å². The van der Waals surface area contributed by atoms with Crippen molar-refractivity contribution < 1.29 is 4.74 Å². The number of fused-ring (bicyclic) bond motifs is 1. The van der Waals surface area contributed by atoms with Gasteiger partial charge in [0.1, 0.15) is 11.6 Å². The zero-order valence-electron chi connectivity index (χ0n) is 10.7. The average molecular weight is 309 g/mol. The quantitative estimate of drug-likeness (QED) is 0.791. The van der Waals surface area contributed by atoms with Gasteiger partial charge in [0, 0.05) is 30.0 Å². The highest BCUT2D eigenvalue weighted by Crippen LogP contribution is 2.28. The first-order valence-corrected chi connectivity index (χ1v) is 7.16. The number of hydrogen-bond donors (Lipinski definition) is 0. The van der Waals surface area contributed by atoms with Crippen LogP contribution in [0.5, 0.6) is 5.75 Å². The molecule has 1 aromatic carbocycles. The maximum atomic E-state index is 5.30. The number of nitrogens with zero attached hydrogens (tertiary/aromatic N) is 2. The Bertz CT molecular complexity index is 530. The largest absolute Gasteiger partial charge is 0.497 e. The van der Waals surface area contributed by atoms with Crippen molar-refractivity contribution >= 4 is 32.5 Å². The van der Waals surface area contributed by atoms with Crippen molar-refractivity contribution in [1.82, 2.24) is 4.98 Å². The molecule has 18 heavy (non-hydrogen) atoms. The minimum atomic E-state index is 0.867. The molecular formula is C14H17BrN2O. The maximum Gasteiger partial charge on any atom is 0.136 e. The van der Waals surface area contributed by atoms with E-state index in [9.17, 15) is 0 Å². The van der Waals surface area contributed by atoms with Crippen LogP contribution in [0.2, 0.25) is 0 Å². The van der Waals surface area contributed by atoms with E-state index in [2.05, 4.69) is 44.9 Å². The Morgan fingerprint density at radius 1 is 1.33 bits per heavy atom. The normalized spacial score (nSPS) is 10.6. The van der Waals surface area contributed by atoms with Crippen molar-refractivity contribution in [2.45, 2.75) is 6.92 Å². The van der Waals surface area contributed by atoms with Crippen LogP contribution in [-0.4, -0.2) is 30.5 Å². The lowest BCUT2D eigenvalue weighted by Crippen LogP contribution is -2.25. The Balaban J connectivity index is 2.54. The van der Waals surface area contributed by atoms with E-state index in [0.29, 0.717) is 0 Å². The molecule has 3 nitrogen and oxygen atoms in total. The Morgan fingerprint density at radius 2 is 2.17 bits per heavy atom. The lowest BCUT2D eigenvalue weighted by Gasteiger charge is -2.22. The fraction of sp³-hybridized carbons (Fsp3) is 0.357. The SMILES string of the molecule is CCN(CCBr)c1nccc2ccc(OC)cc12. The molecular weight excluding hydrogens is 292 g/mol. The Hall–Kier alpha value is -1.29. The van der Waals surface area contributed by atoms with E-state index < -0.39 is 0 Å². The van der Waals surface area contributed by atoms with Gasteiger partial charge in [0.2, 0.25) is 0 Å². The predicted molar refractivity (Wildman–Crippen MR) is 80.0 cm³/mol. The summed E-state index contributed by atoms with van der Waals surface area (Å²) in [4.78, 5) is 6.78. The summed E-state index contributed by atoms with van der Waals surface area (Å²) in [5, 5.41) is 3.26. The number of halogens is 1. The minimum Gasteiger partial charge on any atom is -0.497 e. The number of alkyl halides is 1. The molecule has 0 amide bonds. The van der Waals surface area contributed by atoms with E-state index in [0.717, 1.165) is 35.4 Å². The summed E-state index contributed by atoms with van der Waals surface area (Å²) in [5.41, 5.74) is 0. The van der Waals surface area contributed by atoms with E-state index in [-0.39, 0.29) is 0 Å². The number of rotatable bonds is 5. The van der Waals surface area contributed by atoms with Crippen molar-refractivity contribution in [3.05, 3.63) is 30.5 Å². The smallest absolute Gasteiger partial charge is 0.136 e. The lowest BCUT2D eigenvalue weighted by atomic mass is 10.1. The van der Waals surface area contributed by atoms with E-state index >= 15 is 0 Å². The van der Waals surface area contributed by atoms with Gasteiger partial charge in [-0.25, -0.2) is 4.98 Å². The molecule has 0 aliphatic rings. The van der Waals surface area contributed by atoms with Crippen LogP contribution in [-0.2, 0) is 0 Å². The fourth-order valence-corrected chi connectivity index (χ4v) is 2.45. The van der Waals surface area contributed by atoms with Crippen LogP contribution in [0.15, 0.2) is 30.5 Å². The molecule has 0 atom stereocenters. The number of ether oxygens (including phenoxy) is 1. The molecule has 1 heterocycles. The monoisotopic (exact) mass is 308 g/mol. The standard InChI is InChI=1S/C14H17BrN2O/c1-3-17(9-7-15)14-13-10-12(18-2)5-4-11(13)6-8-16-14/h4-6,8,10H,3,7,9H2,1-2H3. The molecule has 0 fully saturated rings.